The van der Waals surface area contributed by atoms with E-state index in [2.05, 4.69) is 16.2 Å². The van der Waals surface area contributed by atoms with Gasteiger partial charge < -0.3 is 5.11 Å². The van der Waals surface area contributed by atoms with Crippen molar-refractivity contribution in [3.8, 4) is 5.75 Å². The molecule has 0 spiro atoms. The number of thiocarbonyl (C=S) groups is 1. The third-order valence-electron chi connectivity index (χ3n) is 3.74. The summed E-state index contributed by atoms with van der Waals surface area (Å²) in [6.45, 7) is 0. The number of rotatable bonds is 2. The maximum atomic E-state index is 12.3. The zero-order chi connectivity index (χ0) is 19.4. The highest BCUT2D eigenvalue weighted by atomic mass is 35.5. The van der Waals surface area contributed by atoms with Gasteiger partial charge in [-0.15, -0.1) is 0 Å². The van der Waals surface area contributed by atoms with E-state index in [1.54, 1.807) is 30.3 Å². The molecular weight excluding hydrogens is 386 g/mol. The average Bonchev–Trinajstić information content (AvgIpc) is 2.65. The van der Waals surface area contributed by atoms with E-state index in [-0.39, 0.29) is 27.0 Å². The highest BCUT2D eigenvalue weighted by Gasteiger charge is 2.14. The lowest BCUT2D eigenvalue weighted by atomic mass is 10.1. The van der Waals surface area contributed by atoms with Gasteiger partial charge in [-0.2, -0.15) is 0 Å². The Bertz CT molecular complexity index is 1060. The molecule has 0 heterocycles. The molecule has 0 saturated carbocycles. The predicted octanol–water partition coefficient (Wildman–Crippen LogP) is 3.15. The van der Waals surface area contributed by atoms with Crippen LogP contribution in [0.3, 0.4) is 0 Å². The first-order valence-electron chi connectivity index (χ1n) is 7.83. The van der Waals surface area contributed by atoms with Crippen molar-refractivity contribution in [1.82, 2.24) is 16.2 Å². The number of hydrazine groups is 1. The number of hydrogen-bond acceptors (Lipinski definition) is 4. The number of benzene rings is 3. The number of fused-ring (bicyclic) bond motifs is 1. The van der Waals surface area contributed by atoms with Gasteiger partial charge in [-0.05, 0) is 47.3 Å². The number of carbonyl (C=O) groups excluding carboxylic acids is 2. The summed E-state index contributed by atoms with van der Waals surface area (Å²) in [6, 6.07) is 16.9. The molecule has 0 bridgehead atoms. The summed E-state index contributed by atoms with van der Waals surface area (Å²) in [7, 11) is 0. The Balaban J connectivity index is 1.64. The third kappa shape index (κ3) is 4.33. The quantitative estimate of drug-likeness (QED) is 0.392. The summed E-state index contributed by atoms with van der Waals surface area (Å²) in [5.74, 6) is -1.28. The van der Waals surface area contributed by atoms with Gasteiger partial charge in [0.05, 0.1) is 16.1 Å². The van der Waals surface area contributed by atoms with E-state index < -0.39 is 11.8 Å². The first kappa shape index (κ1) is 18.6. The maximum absolute atomic E-state index is 12.3. The van der Waals surface area contributed by atoms with Crippen LogP contribution < -0.4 is 16.2 Å². The lowest BCUT2D eigenvalue weighted by molar-refractivity contribution is 0.0932. The van der Waals surface area contributed by atoms with Crippen LogP contribution in [-0.2, 0) is 0 Å². The van der Waals surface area contributed by atoms with Gasteiger partial charge in [0, 0.05) is 0 Å². The van der Waals surface area contributed by atoms with E-state index in [9.17, 15) is 14.7 Å². The Labute approximate surface area is 165 Å². The van der Waals surface area contributed by atoms with Crippen molar-refractivity contribution < 1.29 is 14.7 Å². The highest BCUT2D eigenvalue weighted by molar-refractivity contribution is 7.80. The third-order valence-corrected chi connectivity index (χ3v) is 4.28. The van der Waals surface area contributed by atoms with E-state index in [4.69, 9.17) is 23.8 Å². The molecule has 8 heteroatoms. The van der Waals surface area contributed by atoms with Gasteiger partial charge in [0.25, 0.3) is 11.8 Å². The fraction of sp³-hybridized carbons (Fsp3) is 0. The molecule has 0 fully saturated rings. The smallest absolute Gasteiger partial charge is 0.273 e. The van der Waals surface area contributed by atoms with E-state index in [0.29, 0.717) is 0 Å². The average molecular weight is 400 g/mol. The molecule has 4 N–H and O–H groups in total. The zero-order valence-corrected chi connectivity index (χ0v) is 15.4. The number of phenolic OH excluding ortho intramolecular Hbond substituents is 1. The normalized spacial score (nSPS) is 10.3. The van der Waals surface area contributed by atoms with Gasteiger partial charge in [0.1, 0.15) is 5.75 Å². The summed E-state index contributed by atoms with van der Waals surface area (Å²) in [5, 5.41) is 14.2. The first-order valence-corrected chi connectivity index (χ1v) is 8.62. The fourth-order valence-electron chi connectivity index (χ4n) is 2.44. The molecule has 0 atom stereocenters. The van der Waals surface area contributed by atoms with Crippen LogP contribution in [0.2, 0.25) is 5.02 Å². The van der Waals surface area contributed by atoms with Crippen LogP contribution in [0.15, 0.2) is 60.7 Å². The molecule has 3 rings (SSSR count). The number of amides is 2. The molecular formula is C19H14ClN3O3S. The van der Waals surface area contributed by atoms with Crippen molar-refractivity contribution in [2.45, 2.75) is 0 Å². The van der Waals surface area contributed by atoms with Crippen LogP contribution in [0.1, 0.15) is 20.7 Å². The molecule has 3 aromatic carbocycles. The summed E-state index contributed by atoms with van der Waals surface area (Å²) >= 11 is 10.9. The molecule has 2 amide bonds. The van der Waals surface area contributed by atoms with Gasteiger partial charge >= 0.3 is 0 Å². The SMILES string of the molecule is O=C(NNC(=S)NC(=O)c1ccccc1Cl)c1cc2ccccc2cc1O. The molecule has 0 aliphatic heterocycles. The van der Waals surface area contributed by atoms with E-state index in [1.165, 1.54) is 6.07 Å². The Kier molecular flexibility index (Phi) is 5.54. The second-order valence-electron chi connectivity index (χ2n) is 5.56. The van der Waals surface area contributed by atoms with Gasteiger partial charge in [0.15, 0.2) is 5.11 Å². The van der Waals surface area contributed by atoms with Crippen LogP contribution in [-0.4, -0.2) is 22.0 Å². The van der Waals surface area contributed by atoms with Crippen LogP contribution in [0.5, 0.6) is 5.75 Å². The van der Waals surface area contributed by atoms with Gasteiger partial charge in [-0.25, -0.2) is 0 Å². The molecule has 0 aliphatic rings. The molecule has 6 nitrogen and oxygen atoms in total. The summed E-state index contributed by atoms with van der Waals surface area (Å²) in [6.07, 6.45) is 0. The minimum atomic E-state index is -0.604. The summed E-state index contributed by atoms with van der Waals surface area (Å²) in [4.78, 5) is 24.4. The van der Waals surface area contributed by atoms with Gasteiger partial charge in [-0.3, -0.25) is 25.8 Å². The Morgan fingerprint density at radius 3 is 2.19 bits per heavy atom. The number of phenols is 1. The van der Waals surface area contributed by atoms with Crippen molar-refractivity contribution in [2.75, 3.05) is 0 Å². The molecule has 0 radical (unpaired) electrons. The van der Waals surface area contributed by atoms with Crippen molar-refractivity contribution >= 4 is 51.5 Å². The highest BCUT2D eigenvalue weighted by Crippen LogP contribution is 2.24. The monoisotopic (exact) mass is 399 g/mol. The first-order chi connectivity index (χ1) is 13.0. The van der Waals surface area contributed by atoms with E-state index >= 15 is 0 Å². The molecule has 3 aromatic rings. The lowest BCUT2D eigenvalue weighted by Gasteiger charge is -2.12. The minimum absolute atomic E-state index is 0.0708. The molecule has 0 aromatic heterocycles. The largest absolute Gasteiger partial charge is 0.507 e. The Morgan fingerprint density at radius 2 is 1.48 bits per heavy atom. The number of aromatic hydroxyl groups is 1. The van der Waals surface area contributed by atoms with Crippen LogP contribution in [0.4, 0.5) is 0 Å². The number of halogens is 1. The molecule has 27 heavy (non-hydrogen) atoms. The van der Waals surface area contributed by atoms with Crippen LogP contribution in [0.25, 0.3) is 10.8 Å². The topological polar surface area (TPSA) is 90.5 Å². The molecule has 0 saturated heterocycles. The second-order valence-corrected chi connectivity index (χ2v) is 6.37. The molecule has 0 aliphatic carbocycles. The predicted molar refractivity (Wildman–Crippen MR) is 108 cm³/mol. The van der Waals surface area contributed by atoms with E-state index in [0.717, 1.165) is 10.8 Å². The Hall–Kier alpha value is -3.16. The molecule has 0 unspecified atom stereocenters. The number of nitrogens with one attached hydrogen (secondary N) is 3. The summed E-state index contributed by atoms with van der Waals surface area (Å²) < 4.78 is 0. The van der Waals surface area contributed by atoms with Crippen LogP contribution in [0, 0.1) is 0 Å². The second kappa shape index (κ2) is 8.03. The number of hydrogen-bond donors (Lipinski definition) is 4. The summed E-state index contributed by atoms with van der Waals surface area (Å²) in [5.41, 5.74) is 5.08. The van der Waals surface area contributed by atoms with E-state index in [1.807, 2.05) is 24.3 Å². The van der Waals surface area contributed by atoms with Crippen LogP contribution >= 0.6 is 23.8 Å². The standard InChI is InChI=1S/C19H14ClN3O3S/c20-15-8-4-3-7-13(15)17(25)21-19(27)23-22-18(26)14-9-11-5-1-2-6-12(11)10-16(14)24/h1-10,24H,(H,22,26)(H2,21,23,25,27). The minimum Gasteiger partial charge on any atom is -0.507 e. The zero-order valence-electron chi connectivity index (χ0n) is 13.8. The molecule has 136 valence electrons. The van der Waals surface area contributed by atoms with Crippen molar-refractivity contribution in [1.29, 1.82) is 0 Å². The lowest BCUT2D eigenvalue weighted by Crippen LogP contribution is -2.48. The van der Waals surface area contributed by atoms with Crippen molar-refractivity contribution in [2.24, 2.45) is 0 Å². The van der Waals surface area contributed by atoms with Gasteiger partial charge in [0.2, 0.25) is 0 Å². The maximum Gasteiger partial charge on any atom is 0.273 e. The van der Waals surface area contributed by atoms with Gasteiger partial charge in [-0.1, -0.05) is 48.0 Å². The fourth-order valence-corrected chi connectivity index (χ4v) is 2.80. The van der Waals surface area contributed by atoms with Crippen molar-refractivity contribution in [3.05, 3.63) is 76.8 Å². The number of carbonyl (C=O) groups is 2. The van der Waals surface area contributed by atoms with Crippen molar-refractivity contribution in [3.63, 3.8) is 0 Å². The Morgan fingerprint density at radius 1 is 0.852 bits per heavy atom.